The molecular formula is C7H17NO. The molecule has 0 spiro atoms. The van der Waals surface area contributed by atoms with Crippen LogP contribution in [-0.4, -0.2) is 17.8 Å². The Balaban J connectivity index is 2.95. The Bertz CT molecular complexity index is 56.9. The van der Waals surface area contributed by atoms with Crippen LogP contribution < -0.4 is 5.73 Å². The van der Waals surface area contributed by atoms with Crippen LogP contribution in [0.3, 0.4) is 0 Å². The number of hydrogen-bond donors (Lipinski definition) is 2. The van der Waals surface area contributed by atoms with Crippen molar-refractivity contribution in [3.05, 3.63) is 0 Å². The lowest BCUT2D eigenvalue weighted by Gasteiger charge is -2.07. The van der Waals surface area contributed by atoms with E-state index in [9.17, 15) is 0 Å². The molecule has 3 N–H and O–H groups in total. The molecule has 2 nitrogen and oxygen atoms in total. The van der Waals surface area contributed by atoms with E-state index in [1.54, 1.807) is 0 Å². The molecule has 0 aliphatic carbocycles. The fourth-order valence-corrected chi connectivity index (χ4v) is 0.869. The van der Waals surface area contributed by atoms with Gasteiger partial charge in [-0.3, -0.25) is 0 Å². The first-order valence-electron chi connectivity index (χ1n) is 3.67. The van der Waals surface area contributed by atoms with Crippen molar-refractivity contribution in [1.82, 2.24) is 0 Å². The van der Waals surface area contributed by atoms with Crippen LogP contribution in [0.15, 0.2) is 0 Å². The van der Waals surface area contributed by atoms with Crippen molar-refractivity contribution in [2.24, 2.45) is 5.73 Å². The van der Waals surface area contributed by atoms with Gasteiger partial charge in [-0.2, -0.15) is 0 Å². The smallest absolute Gasteiger partial charge is 0.0431 e. The molecule has 0 aliphatic rings. The van der Waals surface area contributed by atoms with E-state index in [-0.39, 0.29) is 6.61 Å². The summed E-state index contributed by atoms with van der Waals surface area (Å²) in [5.74, 6) is 0. The Morgan fingerprint density at radius 3 is 2.56 bits per heavy atom. The topological polar surface area (TPSA) is 46.2 Å². The van der Waals surface area contributed by atoms with Gasteiger partial charge in [-0.15, -0.1) is 0 Å². The zero-order valence-electron chi connectivity index (χ0n) is 6.14. The molecule has 0 heterocycles. The summed E-state index contributed by atoms with van der Waals surface area (Å²) in [6.07, 6.45) is 4.04. The van der Waals surface area contributed by atoms with Crippen LogP contribution in [-0.2, 0) is 0 Å². The number of aliphatic hydroxyl groups excluding tert-OH is 1. The molecule has 2 heteroatoms. The summed E-state index contributed by atoms with van der Waals surface area (Å²) in [4.78, 5) is 0. The van der Waals surface area contributed by atoms with Crippen molar-refractivity contribution >= 4 is 0 Å². The van der Waals surface area contributed by atoms with Gasteiger partial charge in [0.2, 0.25) is 0 Å². The second kappa shape index (κ2) is 6.05. The zero-order chi connectivity index (χ0) is 7.11. The van der Waals surface area contributed by atoms with Crippen molar-refractivity contribution in [2.45, 2.75) is 38.6 Å². The van der Waals surface area contributed by atoms with Crippen molar-refractivity contribution in [1.29, 1.82) is 0 Å². The van der Waals surface area contributed by atoms with Gasteiger partial charge >= 0.3 is 0 Å². The lowest BCUT2D eigenvalue weighted by molar-refractivity contribution is 0.278. The van der Waals surface area contributed by atoms with E-state index in [1.807, 2.05) is 0 Å². The van der Waals surface area contributed by atoms with E-state index < -0.39 is 0 Å². The maximum atomic E-state index is 8.43. The van der Waals surface area contributed by atoms with Gasteiger partial charge < -0.3 is 10.8 Å². The SMILES string of the molecule is CCC[C@@H](N)CCCO. The standard InChI is InChI=1S/C7H17NO/c1-2-4-7(8)5-3-6-9/h7,9H,2-6,8H2,1H3/t7-/m1/s1. The van der Waals surface area contributed by atoms with E-state index in [0.717, 1.165) is 25.7 Å². The molecular weight excluding hydrogens is 114 g/mol. The molecule has 0 rings (SSSR count). The Hall–Kier alpha value is -0.0800. The molecule has 0 saturated carbocycles. The number of hydrogen-bond acceptors (Lipinski definition) is 2. The largest absolute Gasteiger partial charge is 0.396 e. The lowest BCUT2D eigenvalue weighted by atomic mass is 10.1. The number of rotatable bonds is 5. The van der Waals surface area contributed by atoms with E-state index >= 15 is 0 Å². The van der Waals surface area contributed by atoms with Gasteiger partial charge in [-0.05, 0) is 19.3 Å². The molecule has 0 aromatic heterocycles. The minimum absolute atomic E-state index is 0.275. The highest BCUT2D eigenvalue weighted by atomic mass is 16.2. The third-order valence-corrected chi connectivity index (χ3v) is 1.39. The predicted octanol–water partition coefficient (Wildman–Crippen LogP) is 0.886. The molecule has 0 aliphatic heterocycles. The molecule has 56 valence electrons. The first-order chi connectivity index (χ1) is 4.31. The van der Waals surface area contributed by atoms with Gasteiger partial charge in [0.25, 0.3) is 0 Å². The van der Waals surface area contributed by atoms with Crippen LogP contribution in [0.5, 0.6) is 0 Å². The van der Waals surface area contributed by atoms with Crippen molar-refractivity contribution in [2.75, 3.05) is 6.61 Å². The highest BCUT2D eigenvalue weighted by molar-refractivity contribution is 4.58. The summed E-state index contributed by atoms with van der Waals surface area (Å²) in [5, 5.41) is 8.43. The second-order valence-corrected chi connectivity index (χ2v) is 2.41. The molecule has 0 radical (unpaired) electrons. The van der Waals surface area contributed by atoms with Gasteiger partial charge in [-0.25, -0.2) is 0 Å². The molecule has 0 aromatic rings. The summed E-state index contributed by atoms with van der Waals surface area (Å²) in [7, 11) is 0. The second-order valence-electron chi connectivity index (χ2n) is 2.41. The fraction of sp³-hybridized carbons (Fsp3) is 1.00. The molecule has 0 aromatic carbocycles. The summed E-state index contributed by atoms with van der Waals surface area (Å²) in [6.45, 7) is 2.40. The lowest BCUT2D eigenvalue weighted by Crippen LogP contribution is -2.19. The summed E-state index contributed by atoms with van der Waals surface area (Å²) < 4.78 is 0. The van der Waals surface area contributed by atoms with Crippen LogP contribution >= 0.6 is 0 Å². The average Bonchev–Trinajstić information content (AvgIpc) is 1.85. The molecule has 0 amide bonds. The number of nitrogens with two attached hydrogens (primary N) is 1. The van der Waals surface area contributed by atoms with Gasteiger partial charge in [0.1, 0.15) is 0 Å². The van der Waals surface area contributed by atoms with Gasteiger partial charge in [-0.1, -0.05) is 13.3 Å². The third-order valence-electron chi connectivity index (χ3n) is 1.39. The van der Waals surface area contributed by atoms with Gasteiger partial charge in [0.05, 0.1) is 0 Å². The van der Waals surface area contributed by atoms with Gasteiger partial charge in [0, 0.05) is 12.6 Å². The van der Waals surface area contributed by atoms with E-state index in [4.69, 9.17) is 10.8 Å². The number of aliphatic hydroxyl groups is 1. The minimum Gasteiger partial charge on any atom is -0.396 e. The molecule has 0 saturated heterocycles. The van der Waals surface area contributed by atoms with Crippen LogP contribution in [0.1, 0.15) is 32.6 Å². The first-order valence-corrected chi connectivity index (χ1v) is 3.67. The summed E-state index contributed by atoms with van der Waals surface area (Å²) >= 11 is 0. The first kappa shape index (κ1) is 8.92. The maximum Gasteiger partial charge on any atom is 0.0431 e. The average molecular weight is 131 g/mol. The Kier molecular flexibility index (Phi) is 5.99. The van der Waals surface area contributed by atoms with E-state index in [1.165, 1.54) is 0 Å². The Morgan fingerprint density at radius 1 is 1.44 bits per heavy atom. The van der Waals surface area contributed by atoms with Crippen molar-refractivity contribution in [3.8, 4) is 0 Å². The van der Waals surface area contributed by atoms with E-state index in [0.29, 0.717) is 6.04 Å². The fourth-order valence-electron chi connectivity index (χ4n) is 0.869. The quantitative estimate of drug-likeness (QED) is 0.582. The monoisotopic (exact) mass is 131 g/mol. The van der Waals surface area contributed by atoms with Gasteiger partial charge in [0.15, 0.2) is 0 Å². The van der Waals surface area contributed by atoms with E-state index in [2.05, 4.69) is 6.92 Å². The maximum absolute atomic E-state index is 8.43. The van der Waals surface area contributed by atoms with Crippen LogP contribution in [0, 0.1) is 0 Å². The van der Waals surface area contributed by atoms with Crippen LogP contribution in [0.4, 0.5) is 0 Å². The normalized spacial score (nSPS) is 13.7. The van der Waals surface area contributed by atoms with Crippen molar-refractivity contribution in [3.63, 3.8) is 0 Å². The molecule has 9 heavy (non-hydrogen) atoms. The highest BCUT2D eigenvalue weighted by Gasteiger charge is 1.98. The summed E-state index contributed by atoms with van der Waals surface area (Å²) in [6, 6.07) is 0.308. The highest BCUT2D eigenvalue weighted by Crippen LogP contribution is 2.00. The third kappa shape index (κ3) is 5.80. The van der Waals surface area contributed by atoms with Crippen LogP contribution in [0.25, 0.3) is 0 Å². The summed E-state index contributed by atoms with van der Waals surface area (Å²) in [5.41, 5.74) is 5.66. The molecule has 0 bridgehead atoms. The van der Waals surface area contributed by atoms with Crippen LogP contribution in [0.2, 0.25) is 0 Å². The zero-order valence-corrected chi connectivity index (χ0v) is 6.14. The van der Waals surface area contributed by atoms with Crippen molar-refractivity contribution < 1.29 is 5.11 Å². The Labute approximate surface area is 57.1 Å². The molecule has 0 unspecified atom stereocenters. The molecule has 0 fully saturated rings. The molecule has 1 atom stereocenters. The minimum atomic E-state index is 0.275. The predicted molar refractivity (Wildman–Crippen MR) is 39.2 cm³/mol. The Morgan fingerprint density at radius 2 is 2.11 bits per heavy atom.